The molecule has 80 valence electrons. The Hall–Kier alpha value is -1.56. The van der Waals surface area contributed by atoms with Gasteiger partial charge in [0.2, 0.25) is 0 Å². The minimum Gasteiger partial charge on any atom is -0.384 e. The fraction of sp³-hybridized carbons (Fsp3) is 0.333. The Morgan fingerprint density at radius 1 is 1.60 bits per heavy atom. The molecular weight excluding hydrogens is 210 g/mol. The second kappa shape index (κ2) is 4.31. The number of nitrogen functional groups attached to an aromatic ring is 1. The first-order valence-electron chi connectivity index (χ1n) is 4.75. The first-order valence-corrected chi connectivity index (χ1v) is 5.63. The van der Waals surface area contributed by atoms with Crippen LogP contribution in [0.5, 0.6) is 0 Å². The van der Waals surface area contributed by atoms with Crippen LogP contribution in [0.25, 0.3) is 0 Å². The highest BCUT2D eigenvalue weighted by Crippen LogP contribution is 2.17. The highest BCUT2D eigenvalue weighted by Gasteiger charge is 2.03. The van der Waals surface area contributed by atoms with Crippen molar-refractivity contribution in [1.29, 1.82) is 0 Å². The second-order valence-electron chi connectivity index (χ2n) is 3.16. The van der Waals surface area contributed by atoms with Crippen LogP contribution in [0.15, 0.2) is 11.6 Å². The molecule has 2 aromatic rings. The largest absolute Gasteiger partial charge is 0.384 e. The highest BCUT2D eigenvalue weighted by atomic mass is 32.1. The Kier molecular flexibility index (Phi) is 2.86. The molecule has 0 spiro atoms. The molecule has 0 aliphatic heterocycles. The average molecular weight is 223 g/mol. The maximum absolute atomic E-state index is 5.66. The zero-order valence-corrected chi connectivity index (χ0v) is 9.27. The van der Waals surface area contributed by atoms with Crippen molar-refractivity contribution in [3.63, 3.8) is 0 Å². The highest BCUT2D eigenvalue weighted by molar-refractivity contribution is 7.13. The second-order valence-corrected chi connectivity index (χ2v) is 4.02. The number of nitrogens with zero attached hydrogens (tertiary/aromatic N) is 2. The summed E-state index contributed by atoms with van der Waals surface area (Å²) in [5, 5.41) is 12.7. The van der Waals surface area contributed by atoms with Crippen LogP contribution >= 0.6 is 11.3 Å². The van der Waals surface area contributed by atoms with Crippen LogP contribution in [0, 0.1) is 0 Å². The third kappa shape index (κ3) is 2.27. The number of rotatable bonds is 4. The van der Waals surface area contributed by atoms with Gasteiger partial charge in [-0.15, -0.1) is 11.3 Å². The standard InChI is InChI=1S/C9H13N5S/c1-2-7-5-15-9(13-7)11-3-6-4-12-14-8(6)10/h4-5H,2-3H2,1H3,(H,11,13)(H3,10,12,14). The molecule has 15 heavy (non-hydrogen) atoms. The number of nitrogens with one attached hydrogen (secondary N) is 2. The normalized spacial score (nSPS) is 10.5. The van der Waals surface area contributed by atoms with Crippen LogP contribution in [0.3, 0.4) is 0 Å². The number of aromatic nitrogens is 3. The van der Waals surface area contributed by atoms with E-state index in [1.165, 1.54) is 0 Å². The number of thiazole rings is 1. The fourth-order valence-electron chi connectivity index (χ4n) is 1.18. The van der Waals surface area contributed by atoms with Gasteiger partial charge in [0.25, 0.3) is 0 Å². The van der Waals surface area contributed by atoms with Crippen LogP contribution in [0.2, 0.25) is 0 Å². The minimum absolute atomic E-state index is 0.606. The Bertz CT molecular complexity index is 433. The Morgan fingerprint density at radius 2 is 2.47 bits per heavy atom. The summed E-state index contributed by atoms with van der Waals surface area (Å²) in [6.07, 6.45) is 2.68. The first-order chi connectivity index (χ1) is 7.29. The average Bonchev–Trinajstić information content (AvgIpc) is 2.84. The Morgan fingerprint density at radius 3 is 3.07 bits per heavy atom. The van der Waals surface area contributed by atoms with Gasteiger partial charge < -0.3 is 11.1 Å². The SMILES string of the molecule is CCc1csc(NCc2cn[nH]c2N)n1. The molecule has 5 nitrogen and oxygen atoms in total. The lowest BCUT2D eigenvalue weighted by Crippen LogP contribution is -2.01. The van der Waals surface area contributed by atoms with Gasteiger partial charge in [0.1, 0.15) is 5.82 Å². The summed E-state index contributed by atoms with van der Waals surface area (Å²) in [4.78, 5) is 4.39. The molecule has 0 atom stereocenters. The molecule has 0 saturated carbocycles. The predicted octanol–water partition coefficient (Wildman–Crippen LogP) is 1.62. The van der Waals surface area contributed by atoms with Crippen LogP contribution < -0.4 is 11.1 Å². The number of aryl methyl sites for hydroxylation is 1. The lowest BCUT2D eigenvalue weighted by atomic mass is 10.3. The Labute approximate surface area is 91.7 Å². The van der Waals surface area contributed by atoms with Crippen molar-refractivity contribution in [3.8, 4) is 0 Å². The molecule has 0 amide bonds. The number of anilines is 2. The van der Waals surface area contributed by atoms with Crippen molar-refractivity contribution in [2.75, 3.05) is 11.1 Å². The summed E-state index contributed by atoms with van der Waals surface area (Å²) in [6.45, 7) is 2.74. The van der Waals surface area contributed by atoms with Gasteiger partial charge in [-0.1, -0.05) is 6.92 Å². The molecule has 0 aliphatic rings. The van der Waals surface area contributed by atoms with Gasteiger partial charge in [0, 0.05) is 17.5 Å². The van der Waals surface area contributed by atoms with Gasteiger partial charge in [0.15, 0.2) is 5.13 Å². The van der Waals surface area contributed by atoms with E-state index in [1.807, 2.05) is 0 Å². The lowest BCUT2D eigenvalue weighted by Gasteiger charge is -2.00. The first kappa shape index (κ1) is 9.97. The number of aromatic amines is 1. The van der Waals surface area contributed by atoms with Crippen molar-refractivity contribution in [2.24, 2.45) is 0 Å². The van der Waals surface area contributed by atoms with Gasteiger partial charge in [-0.3, -0.25) is 5.10 Å². The van der Waals surface area contributed by atoms with Crippen molar-refractivity contribution in [1.82, 2.24) is 15.2 Å². The van der Waals surface area contributed by atoms with E-state index >= 15 is 0 Å². The molecule has 2 aromatic heterocycles. The zero-order valence-electron chi connectivity index (χ0n) is 8.45. The van der Waals surface area contributed by atoms with Gasteiger partial charge in [0.05, 0.1) is 11.9 Å². The quantitative estimate of drug-likeness (QED) is 0.736. The van der Waals surface area contributed by atoms with Gasteiger partial charge in [-0.05, 0) is 6.42 Å². The van der Waals surface area contributed by atoms with E-state index in [-0.39, 0.29) is 0 Å². The van der Waals surface area contributed by atoms with Gasteiger partial charge >= 0.3 is 0 Å². The van der Waals surface area contributed by atoms with Gasteiger partial charge in [-0.25, -0.2) is 4.98 Å². The summed E-state index contributed by atoms with van der Waals surface area (Å²) < 4.78 is 0. The summed E-state index contributed by atoms with van der Waals surface area (Å²) in [5.41, 5.74) is 7.74. The van der Waals surface area contributed by atoms with Crippen molar-refractivity contribution in [3.05, 3.63) is 22.8 Å². The van der Waals surface area contributed by atoms with Gasteiger partial charge in [-0.2, -0.15) is 5.10 Å². The molecule has 6 heteroatoms. The van der Waals surface area contributed by atoms with Crippen LogP contribution in [-0.2, 0) is 13.0 Å². The van der Waals surface area contributed by atoms with Crippen LogP contribution in [0.1, 0.15) is 18.2 Å². The molecule has 0 bridgehead atoms. The molecular formula is C9H13N5S. The third-order valence-corrected chi connectivity index (χ3v) is 2.94. The van der Waals surface area contributed by atoms with E-state index in [0.717, 1.165) is 22.8 Å². The summed E-state index contributed by atoms with van der Waals surface area (Å²) in [7, 11) is 0. The molecule has 0 aromatic carbocycles. The van der Waals surface area contributed by atoms with E-state index in [0.29, 0.717) is 12.4 Å². The van der Waals surface area contributed by atoms with E-state index in [4.69, 9.17) is 5.73 Å². The number of H-pyrrole nitrogens is 1. The smallest absolute Gasteiger partial charge is 0.183 e. The van der Waals surface area contributed by atoms with E-state index in [2.05, 4.69) is 32.8 Å². The molecule has 2 rings (SSSR count). The summed E-state index contributed by atoms with van der Waals surface area (Å²) >= 11 is 1.61. The third-order valence-electron chi connectivity index (χ3n) is 2.10. The lowest BCUT2D eigenvalue weighted by molar-refractivity contribution is 1.05. The maximum Gasteiger partial charge on any atom is 0.183 e. The molecule has 0 fully saturated rings. The van der Waals surface area contributed by atoms with E-state index in [9.17, 15) is 0 Å². The van der Waals surface area contributed by atoms with Crippen LogP contribution in [0.4, 0.5) is 10.9 Å². The molecule has 4 N–H and O–H groups in total. The topological polar surface area (TPSA) is 79.6 Å². The Balaban J connectivity index is 1.96. The number of nitrogens with two attached hydrogens (primary N) is 1. The summed E-state index contributed by atoms with van der Waals surface area (Å²) in [6, 6.07) is 0. The summed E-state index contributed by atoms with van der Waals surface area (Å²) in [5.74, 6) is 0.606. The molecule has 0 aliphatic carbocycles. The molecule has 2 heterocycles. The monoisotopic (exact) mass is 223 g/mol. The molecule has 0 saturated heterocycles. The number of hydrogen-bond donors (Lipinski definition) is 3. The maximum atomic E-state index is 5.66. The van der Waals surface area contributed by atoms with Crippen molar-refractivity contribution >= 4 is 22.3 Å². The van der Waals surface area contributed by atoms with Crippen molar-refractivity contribution < 1.29 is 0 Å². The molecule has 0 radical (unpaired) electrons. The van der Waals surface area contributed by atoms with Crippen LogP contribution in [-0.4, -0.2) is 15.2 Å². The van der Waals surface area contributed by atoms with Crippen molar-refractivity contribution in [2.45, 2.75) is 19.9 Å². The molecule has 0 unspecified atom stereocenters. The fourth-order valence-corrected chi connectivity index (χ4v) is 1.98. The van der Waals surface area contributed by atoms with E-state index in [1.54, 1.807) is 17.5 Å². The number of hydrogen-bond acceptors (Lipinski definition) is 5. The predicted molar refractivity (Wildman–Crippen MR) is 61.8 cm³/mol. The van der Waals surface area contributed by atoms with E-state index < -0.39 is 0 Å². The zero-order chi connectivity index (χ0) is 10.7. The minimum atomic E-state index is 0.606.